The number of ether oxygens (including phenoxy) is 2. The van der Waals surface area contributed by atoms with Gasteiger partial charge in [0.25, 0.3) is 0 Å². The molecule has 1 unspecified atom stereocenters. The van der Waals surface area contributed by atoms with Crippen molar-refractivity contribution in [3.63, 3.8) is 0 Å². The second-order valence-electron chi connectivity index (χ2n) is 5.53. The van der Waals surface area contributed by atoms with E-state index >= 15 is 0 Å². The fourth-order valence-corrected chi connectivity index (χ4v) is 2.49. The van der Waals surface area contributed by atoms with Crippen LogP contribution in [-0.2, 0) is 9.47 Å². The Morgan fingerprint density at radius 2 is 1.88 bits per heavy atom. The van der Waals surface area contributed by atoms with Crippen LogP contribution in [0.4, 0.5) is 0 Å². The molecule has 1 aliphatic rings. The molecule has 0 aromatic heterocycles. The second kappa shape index (κ2) is 6.69. The first-order valence-corrected chi connectivity index (χ1v) is 6.54. The topological polar surface area (TPSA) is 47.7 Å². The summed E-state index contributed by atoms with van der Waals surface area (Å²) in [4.78, 5) is 2.48. The molecule has 0 aromatic rings. The van der Waals surface area contributed by atoms with Crippen molar-refractivity contribution in [3.8, 4) is 0 Å². The molecule has 1 heterocycles. The highest BCUT2D eigenvalue weighted by Crippen LogP contribution is 2.22. The first-order valence-electron chi connectivity index (χ1n) is 6.54. The number of piperidine rings is 1. The number of hydrogen-bond acceptors (Lipinski definition) is 4. The highest BCUT2D eigenvalue weighted by atomic mass is 16.5. The molecule has 1 atom stereocenters. The molecule has 1 rings (SSSR count). The molecule has 1 aliphatic heterocycles. The van der Waals surface area contributed by atoms with Crippen molar-refractivity contribution < 1.29 is 9.47 Å². The number of nitrogens with two attached hydrogens (primary N) is 1. The molecule has 2 N–H and O–H groups in total. The van der Waals surface area contributed by atoms with Gasteiger partial charge in [0.2, 0.25) is 0 Å². The van der Waals surface area contributed by atoms with E-state index in [2.05, 4.69) is 18.7 Å². The Balaban J connectivity index is 2.46. The van der Waals surface area contributed by atoms with Crippen LogP contribution in [0, 0.1) is 0 Å². The van der Waals surface area contributed by atoms with Crippen molar-refractivity contribution in [2.75, 3.05) is 33.9 Å². The van der Waals surface area contributed by atoms with Crippen LogP contribution in [0.5, 0.6) is 0 Å². The van der Waals surface area contributed by atoms with Gasteiger partial charge in [-0.25, -0.2) is 0 Å². The molecule has 0 bridgehead atoms. The van der Waals surface area contributed by atoms with Gasteiger partial charge in [0.15, 0.2) is 0 Å². The summed E-state index contributed by atoms with van der Waals surface area (Å²) >= 11 is 0. The number of hydrogen-bond donors (Lipinski definition) is 1. The molecule has 0 saturated carbocycles. The zero-order valence-electron chi connectivity index (χ0n) is 11.7. The Morgan fingerprint density at radius 3 is 2.29 bits per heavy atom. The molecule has 1 saturated heterocycles. The lowest BCUT2D eigenvalue weighted by Gasteiger charge is -2.39. The lowest BCUT2D eigenvalue weighted by Crippen LogP contribution is -2.49. The first-order chi connectivity index (χ1) is 8.02. The molecule has 0 amide bonds. The Bertz CT molecular complexity index is 213. The lowest BCUT2D eigenvalue weighted by atomic mass is 9.95. The van der Waals surface area contributed by atoms with E-state index in [-0.39, 0.29) is 5.60 Å². The fraction of sp³-hybridized carbons (Fsp3) is 1.00. The van der Waals surface area contributed by atoms with Crippen LogP contribution in [-0.4, -0.2) is 56.5 Å². The second-order valence-corrected chi connectivity index (χ2v) is 5.53. The van der Waals surface area contributed by atoms with Gasteiger partial charge in [-0.05, 0) is 33.1 Å². The minimum atomic E-state index is -0.0951. The Kier molecular flexibility index (Phi) is 5.86. The zero-order chi connectivity index (χ0) is 12.9. The zero-order valence-corrected chi connectivity index (χ0v) is 11.7. The number of rotatable bonds is 6. The summed E-state index contributed by atoms with van der Waals surface area (Å²) in [5.74, 6) is 0. The van der Waals surface area contributed by atoms with Gasteiger partial charge in [0.1, 0.15) is 0 Å². The van der Waals surface area contributed by atoms with Crippen LogP contribution in [0.3, 0.4) is 0 Å². The summed E-state index contributed by atoms with van der Waals surface area (Å²) in [6.07, 6.45) is 3.64. The molecule has 0 spiro atoms. The van der Waals surface area contributed by atoms with E-state index in [9.17, 15) is 0 Å². The van der Waals surface area contributed by atoms with Crippen LogP contribution in [0.25, 0.3) is 0 Å². The summed E-state index contributed by atoms with van der Waals surface area (Å²) < 4.78 is 10.9. The van der Waals surface area contributed by atoms with Gasteiger partial charge in [0.05, 0.1) is 11.7 Å². The van der Waals surface area contributed by atoms with Crippen LogP contribution >= 0.6 is 0 Å². The molecule has 1 fully saturated rings. The molecule has 4 nitrogen and oxygen atoms in total. The quantitative estimate of drug-likeness (QED) is 0.763. The highest BCUT2D eigenvalue weighted by molar-refractivity contribution is 4.84. The van der Waals surface area contributed by atoms with E-state index < -0.39 is 0 Å². The maximum Gasteiger partial charge on any atom is 0.0638 e. The molecule has 0 aromatic carbocycles. The van der Waals surface area contributed by atoms with Gasteiger partial charge in [-0.2, -0.15) is 0 Å². The largest absolute Gasteiger partial charge is 0.381 e. The van der Waals surface area contributed by atoms with Gasteiger partial charge >= 0.3 is 0 Å². The van der Waals surface area contributed by atoms with E-state index in [1.54, 1.807) is 14.2 Å². The molecule has 0 radical (unpaired) electrons. The van der Waals surface area contributed by atoms with E-state index in [4.69, 9.17) is 15.2 Å². The summed E-state index contributed by atoms with van der Waals surface area (Å²) in [7, 11) is 3.57. The first kappa shape index (κ1) is 14.9. The Labute approximate surface area is 105 Å². The molecular formula is C13H28N2O2. The van der Waals surface area contributed by atoms with Gasteiger partial charge in [0, 0.05) is 39.9 Å². The predicted molar refractivity (Wildman–Crippen MR) is 70.2 cm³/mol. The third-order valence-electron chi connectivity index (χ3n) is 3.88. The minimum absolute atomic E-state index is 0.0951. The van der Waals surface area contributed by atoms with E-state index in [0.717, 1.165) is 32.4 Å². The fourth-order valence-electron chi connectivity index (χ4n) is 2.49. The van der Waals surface area contributed by atoms with E-state index in [1.165, 1.54) is 0 Å². The lowest BCUT2D eigenvalue weighted by molar-refractivity contribution is -0.0221. The SMILES string of the molecule is COC1CCN(C(CN)CC(C)(C)OC)CC1. The van der Waals surface area contributed by atoms with Crippen LogP contribution in [0.1, 0.15) is 33.1 Å². The standard InChI is InChI=1S/C13H28N2O2/c1-13(2,17-4)9-11(10-14)15-7-5-12(16-3)6-8-15/h11-12H,5-10,14H2,1-4H3. The predicted octanol–water partition coefficient (Wildman–Crippen LogP) is 1.24. The molecule has 17 heavy (non-hydrogen) atoms. The maximum absolute atomic E-state index is 5.90. The minimum Gasteiger partial charge on any atom is -0.381 e. The van der Waals surface area contributed by atoms with Crippen molar-refractivity contribution in [1.82, 2.24) is 4.90 Å². The van der Waals surface area contributed by atoms with Gasteiger partial charge in [-0.3, -0.25) is 4.90 Å². The van der Waals surface area contributed by atoms with Crippen molar-refractivity contribution in [1.29, 1.82) is 0 Å². The molecule has 4 heteroatoms. The van der Waals surface area contributed by atoms with Gasteiger partial charge in [-0.1, -0.05) is 0 Å². The van der Waals surface area contributed by atoms with Gasteiger partial charge < -0.3 is 15.2 Å². The van der Waals surface area contributed by atoms with Crippen LogP contribution in [0.2, 0.25) is 0 Å². The maximum atomic E-state index is 5.90. The summed E-state index contributed by atoms with van der Waals surface area (Å²) in [6.45, 7) is 7.11. The Hall–Kier alpha value is -0.160. The van der Waals surface area contributed by atoms with Crippen molar-refractivity contribution in [2.45, 2.75) is 50.9 Å². The summed E-state index contributed by atoms with van der Waals surface area (Å²) in [6, 6.07) is 0.419. The third kappa shape index (κ3) is 4.54. The molecular weight excluding hydrogens is 216 g/mol. The third-order valence-corrected chi connectivity index (χ3v) is 3.88. The highest BCUT2D eigenvalue weighted by Gasteiger charge is 2.29. The van der Waals surface area contributed by atoms with E-state index in [0.29, 0.717) is 18.7 Å². The van der Waals surface area contributed by atoms with Crippen LogP contribution in [0.15, 0.2) is 0 Å². The monoisotopic (exact) mass is 244 g/mol. The van der Waals surface area contributed by atoms with Crippen LogP contribution < -0.4 is 5.73 Å². The summed E-state index contributed by atoms with van der Waals surface area (Å²) in [5.41, 5.74) is 5.81. The van der Waals surface area contributed by atoms with Crippen molar-refractivity contribution in [2.24, 2.45) is 5.73 Å². The number of likely N-dealkylation sites (tertiary alicyclic amines) is 1. The van der Waals surface area contributed by atoms with E-state index in [1.807, 2.05) is 0 Å². The molecule has 102 valence electrons. The van der Waals surface area contributed by atoms with Crippen molar-refractivity contribution >= 4 is 0 Å². The average Bonchev–Trinajstić information content (AvgIpc) is 2.36. The van der Waals surface area contributed by atoms with Gasteiger partial charge in [-0.15, -0.1) is 0 Å². The Morgan fingerprint density at radius 1 is 1.29 bits per heavy atom. The number of nitrogens with zero attached hydrogens (tertiary/aromatic N) is 1. The average molecular weight is 244 g/mol. The number of methoxy groups -OCH3 is 2. The molecule has 0 aliphatic carbocycles. The summed E-state index contributed by atoms with van der Waals surface area (Å²) in [5, 5.41) is 0. The van der Waals surface area contributed by atoms with Crippen molar-refractivity contribution in [3.05, 3.63) is 0 Å². The smallest absolute Gasteiger partial charge is 0.0638 e. The normalized spacial score (nSPS) is 21.7.